The molecule has 4 N–H and O–H groups in total. The van der Waals surface area contributed by atoms with E-state index in [1.54, 1.807) is 18.2 Å². The molecule has 1 heterocycles. The van der Waals surface area contributed by atoms with Gasteiger partial charge in [0.2, 0.25) is 10.0 Å². The highest BCUT2D eigenvalue weighted by Crippen LogP contribution is 2.24. The molecule has 0 saturated carbocycles. The predicted octanol–water partition coefficient (Wildman–Crippen LogP) is 1.83. The second kappa shape index (κ2) is 5.99. The third-order valence-corrected chi connectivity index (χ3v) is 4.50. The van der Waals surface area contributed by atoms with Crippen LogP contribution >= 0.6 is 0 Å². The molecule has 2 aromatic rings. The fourth-order valence-corrected chi connectivity index (χ4v) is 3.21. The first-order valence-corrected chi connectivity index (χ1v) is 7.82. The summed E-state index contributed by atoms with van der Waals surface area (Å²) in [7, 11) is -3.54. The number of rotatable bonds is 6. The molecule has 2 rings (SSSR count). The topological polar surface area (TPSA) is 88.0 Å². The van der Waals surface area contributed by atoms with Gasteiger partial charge in [-0.2, -0.15) is 0 Å². The van der Waals surface area contributed by atoms with Gasteiger partial charge in [-0.25, -0.2) is 13.1 Å². The summed E-state index contributed by atoms with van der Waals surface area (Å²) in [5.41, 5.74) is 6.97. The normalized spacial score (nSPS) is 11.6. The van der Waals surface area contributed by atoms with Gasteiger partial charge in [0.25, 0.3) is 0 Å². The van der Waals surface area contributed by atoms with Gasteiger partial charge in [-0.05, 0) is 31.0 Å². The van der Waals surface area contributed by atoms with Crippen molar-refractivity contribution in [1.29, 1.82) is 0 Å². The first-order valence-electron chi connectivity index (χ1n) is 6.34. The molecule has 0 atom stereocenters. The third-order valence-electron chi connectivity index (χ3n) is 3.00. The zero-order valence-corrected chi connectivity index (χ0v) is 11.8. The van der Waals surface area contributed by atoms with Crippen molar-refractivity contribution in [3.05, 3.63) is 24.4 Å². The molecule has 6 heteroatoms. The van der Waals surface area contributed by atoms with Crippen molar-refractivity contribution >= 4 is 26.6 Å². The van der Waals surface area contributed by atoms with Crippen molar-refractivity contribution in [3.8, 4) is 12.3 Å². The minimum absolute atomic E-state index is 0.219. The minimum Gasteiger partial charge on any atom is -0.399 e. The van der Waals surface area contributed by atoms with Crippen LogP contribution in [0.25, 0.3) is 10.9 Å². The van der Waals surface area contributed by atoms with Gasteiger partial charge >= 0.3 is 0 Å². The highest BCUT2D eigenvalue weighted by Gasteiger charge is 2.18. The fourth-order valence-electron chi connectivity index (χ4n) is 1.97. The largest absolute Gasteiger partial charge is 0.399 e. The van der Waals surface area contributed by atoms with Crippen LogP contribution in [0, 0.1) is 12.3 Å². The number of nitrogen functional groups attached to an aromatic ring is 1. The number of anilines is 1. The highest BCUT2D eigenvalue weighted by molar-refractivity contribution is 7.89. The second-order valence-corrected chi connectivity index (χ2v) is 6.25. The van der Waals surface area contributed by atoms with Gasteiger partial charge in [0.05, 0.1) is 0 Å². The van der Waals surface area contributed by atoms with E-state index in [-0.39, 0.29) is 4.90 Å². The number of nitrogens with two attached hydrogens (primary N) is 1. The molecule has 0 unspecified atom stereocenters. The molecule has 0 aliphatic heterocycles. The number of nitrogens with one attached hydrogen (secondary N) is 2. The molecule has 5 nitrogen and oxygen atoms in total. The maximum atomic E-state index is 12.2. The van der Waals surface area contributed by atoms with E-state index in [1.165, 1.54) is 6.20 Å². The lowest BCUT2D eigenvalue weighted by Gasteiger charge is -2.05. The summed E-state index contributed by atoms with van der Waals surface area (Å²) in [5, 5.41) is 0.598. The smallest absolute Gasteiger partial charge is 0.242 e. The Hall–Kier alpha value is -1.97. The quantitative estimate of drug-likeness (QED) is 0.431. The Labute approximate surface area is 118 Å². The van der Waals surface area contributed by atoms with Crippen LogP contribution in [-0.2, 0) is 10.0 Å². The average molecular weight is 291 g/mol. The van der Waals surface area contributed by atoms with Crippen LogP contribution in [0.15, 0.2) is 29.3 Å². The third kappa shape index (κ3) is 3.13. The molecule has 0 saturated heterocycles. The van der Waals surface area contributed by atoms with Gasteiger partial charge in [-0.1, -0.05) is 0 Å². The Balaban J connectivity index is 2.16. The van der Waals surface area contributed by atoms with Crippen molar-refractivity contribution < 1.29 is 8.42 Å². The van der Waals surface area contributed by atoms with E-state index >= 15 is 0 Å². The maximum absolute atomic E-state index is 12.2. The number of H-pyrrole nitrogens is 1. The first kappa shape index (κ1) is 14.4. The zero-order chi connectivity index (χ0) is 14.6. The van der Waals surface area contributed by atoms with Crippen LogP contribution in [0.4, 0.5) is 5.69 Å². The summed E-state index contributed by atoms with van der Waals surface area (Å²) < 4.78 is 27.1. The number of unbranched alkanes of at least 4 members (excludes halogenated alkanes) is 2. The number of benzene rings is 1. The number of sulfonamides is 1. The van der Waals surface area contributed by atoms with E-state index in [4.69, 9.17) is 12.2 Å². The van der Waals surface area contributed by atoms with Crippen LogP contribution in [0.3, 0.4) is 0 Å². The van der Waals surface area contributed by atoms with Gasteiger partial charge in [0, 0.05) is 35.8 Å². The lowest BCUT2D eigenvalue weighted by molar-refractivity contribution is 0.578. The van der Waals surface area contributed by atoms with Crippen LogP contribution in [0.1, 0.15) is 19.3 Å². The van der Waals surface area contributed by atoms with Crippen molar-refractivity contribution in [1.82, 2.24) is 9.71 Å². The minimum atomic E-state index is -3.54. The monoisotopic (exact) mass is 291 g/mol. The Morgan fingerprint density at radius 2 is 2.15 bits per heavy atom. The van der Waals surface area contributed by atoms with E-state index in [0.717, 1.165) is 11.9 Å². The number of terminal acetylenes is 1. The highest BCUT2D eigenvalue weighted by atomic mass is 32.2. The summed E-state index contributed by atoms with van der Waals surface area (Å²) in [6.07, 6.45) is 8.81. The molecule has 0 fully saturated rings. The lowest BCUT2D eigenvalue weighted by atomic mass is 10.2. The SMILES string of the molecule is C#CCCCCNS(=O)(=O)c1c[nH]c2ccc(N)cc12. The number of aromatic nitrogens is 1. The lowest BCUT2D eigenvalue weighted by Crippen LogP contribution is -2.24. The van der Waals surface area contributed by atoms with E-state index < -0.39 is 10.0 Å². The Kier molecular flexibility index (Phi) is 4.32. The molecular formula is C14H17N3O2S. The molecule has 0 amide bonds. The summed E-state index contributed by atoms with van der Waals surface area (Å²) in [6.45, 7) is 0.374. The van der Waals surface area contributed by atoms with Gasteiger partial charge < -0.3 is 10.7 Å². The van der Waals surface area contributed by atoms with Crippen LogP contribution < -0.4 is 10.5 Å². The predicted molar refractivity (Wildman–Crippen MR) is 80.6 cm³/mol. The second-order valence-electron chi connectivity index (χ2n) is 4.52. The molecule has 0 radical (unpaired) electrons. The fraction of sp³-hybridized carbons (Fsp3) is 0.286. The van der Waals surface area contributed by atoms with Crippen molar-refractivity contribution in [2.75, 3.05) is 12.3 Å². The molecule has 0 spiro atoms. The summed E-state index contributed by atoms with van der Waals surface area (Å²) in [4.78, 5) is 3.15. The molecular weight excluding hydrogens is 274 g/mol. The Bertz CT molecular complexity index is 741. The van der Waals surface area contributed by atoms with Gasteiger partial charge in [0.15, 0.2) is 0 Å². The van der Waals surface area contributed by atoms with Gasteiger partial charge in [0.1, 0.15) is 4.90 Å². The molecule has 0 aliphatic rings. The van der Waals surface area contributed by atoms with Crippen LogP contribution in [0.5, 0.6) is 0 Å². The number of hydrogen-bond donors (Lipinski definition) is 3. The Morgan fingerprint density at radius 1 is 1.35 bits per heavy atom. The summed E-state index contributed by atoms with van der Waals surface area (Å²) >= 11 is 0. The zero-order valence-electron chi connectivity index (χ0n) is 11.0. The van der Waals surface area contributed by atoms with Crippen molar-refractivity contribution in [2.45, 2.75) is 24.2 Å². The summed E-state index contributed by atoms with van der Waals surface area (Å²) in [6, 6.07) is 5.14. The molecule has 0 aliphatic carbocycles. The van der Waals surface area contributed by atoms with E-state index in [1.807, 2.05) is 0 Å². The van der Waals surface area contributed by atoms with Crippen molar-refractivity contribution in [3.63, 3.8) is 0 Å². The standard InChI is InChI=1S/C14H17N3O2S/c1-2-3-4-5-8-17-20(18,19)14-10-16-13-7-6-11(15)9-12(13)14/h1,6-7,9-10,16-17H,3-5,8,15H2. The Morgan fingerprint density at radius 3 is 2.90 bits per heavy atom. The summed E-state index contributed by atoms with van der Waals surface area (Å²) in [5.74, 6) is 2.53. The van der Waals surface area contributed by atoms with Gasteiger partial charge in [-0.15, -0.1) is 12.3 Å². The van der Waals surface area contributed by atoms with Crippen LogP contribution in [-0.4, -0.2) is 19.9 Å². The maximum Gasteiger partial charge on any atom is 0.242 e. The van der Waals surface area contributed by atoms with Crippen LogP contribution in [0.2, 0.25) is 0 Å². The number of aromatic amines is 1. The van der Waals surface area contributed by atoms with E-state index in [0.29, 0.717) is 30.5 Å². The van der Waals surface area contributed by atoms with E-state index in [9.17, 15) is 8.42 Å². The molecule has 1 aromatic carbocycles. The van der Waals surface area contributed by atoms with Crippen molar-refractivity contribution in [2.24, 2.45) is 0 Å². The molecule has 0 bridgehead atoms. The number of fused-ring (bicyclic) bond motifs is 1. The molecule has 20 heavy (non-hydrogen) atoms. The number of hydrogen-bond acceptors (Lipinski definition) is 3. The molecule has 106 valence electrons. The average Bonchev–Trinajstić information content (AvgIpc) is 2.82. The first-order chi connectivity index (χ1) is 9.54. The molecule has 1 aromatic heterocycles. The van der Waals surface area contributed by atoms with E-state index in [2.05, 4.69) is 15.6 Å². The van der Waals surface area contributed by atoms with Gasteiger partial charge in [-0.3, -0.25) is 0 Å².